The summed E-state index contributed by atoms with van der Waals surface area (Å²) < 4.78 is 65.3. The van der Waals surface area contributed by atoms with E-state index >= 15 is 0 Å². The molecule has 2 aromatic carbocycles. The van der Waals surface area contributed by atoms with E-state index in [1.54, 1.807) is 0 Å². The van der Waals surface area contributed by atoms with Crippen LogP contribution in [-0.4, -0.2) is 0 Å². The first-order valence-corrected chi connectivity index (χ1v) is 7.36. The van der Waals surface area contributed by atoms with Gasteiger partial charge in [-0.15, -0.1) is 0 Å². The van der Waals surface area contributed by atoms with Crippen molar-refractivity contribution in [2.75, 3.05) is 0 Å². The van der Waals surface area contributed by atoms with Crippen molar-refractivity contribution in [2.45, 2.75) is 11.0 Å². The molecule has 0 N–H and O–H groups in total. The Morgan fingerprint density at radius 2 is 1.62 bits per heavy atom. The molecule has 0 saturated carbocycles. The van der Waals surface area contributed by atoms with Crippen LogP contribution in [-0.2, 0) is 6.18 Å². The van der Waals surface area contributed by atoms with Gasteiger partial charge in [0.2, 0.25) is 0 Å². The van der Waals surface area contributed by atoms with Gasteiger partial charge in [-0.2, -0.15) is 13.2 Å². The van der Waals surface area contributed by atoms with Crippen molar-refractivity contribution in [3.63, 3.8) is 0 Å². The number of benzene rings is 2. The van der Waals surface area contributed by atoms with Crippen molar-refractivity contribution in [1.82, 2.24) is 0 Å². The van der Waals surface area contributed by atoms with E-state index in [4.69, 9.17) is 0 Å². The molecule has 0 aliphatic heterocycles. The minimum atomic E-state index is -4.49. The molecule has 1 unspecified atom stereocenters. The molecule has 0 nitrogen and oxygen atoms in total. The Kier molecular flexibility index (Phi) is 4.72. The molecule has 0 aliphatic rings. The summed E-state index contributed by atoms with van der Waals surface area (Å²) in [4.78, 5) is -0.887. The van der Waals surface area contributed by atoms with Gasteiger partial charge in [0.15, 0.2) is 0 Å². The lowest BCUT2D eigenvalue weighted by molar-refractivity contribution is -0.137. The molecule has 1 atom stereocenters. The molecule has 0 aliphatic carbocycles. The van der Waals surface area contributed by atoms with Crippen molar-refractivity contribution >= 4 is 31.9 Å². The zero-order valence-corrected chi connectivity index (χ0v) is 13.4. The van der Waals surface area contributed by atoms with Gasteiger partial charge in [0.05, 0.1) is 14.9 Å². The summed E-state index contributed by atoms with van der Waals surface area (Å²) in [5.41, 5.74) is -0.733. The molecule has 0 spiro atoms. The molecular weight excluding hydrogens is 423 g/mol. The molecule has 2 rings (SSSR count). The van der Waals surface area contributed by atoms with Crippen LogP contribution in [0.15, 0.2) is 40.9 Å². The number of hydrogen-bond acceptors (Lipinski definition) is 0. The van der Waals surface area contributed by atoms with Gasteiger partial charge in [0.25, 0.3) is 0 Å². The lowest BCUT2D eigenvalue weighted by Gasteiger charge is -2.15. The lowest BCUT2D eigenvalue weighted by atomic mass is 10.0. The molecule has 0 aromatic heterocycles. The number of halogens is 7. The second kappa shape index (κ2) is 6.04. The average Bonchev–Trinajstić information content (AvgIpc) is 2.41. The zero-order valence-electron chi connectivity index (χ0n) is 10.2. The molecule has 0 bridgehead atoms. The minimum absolute atomic E-state index is 0.0486. The SMILES string of the molecule is Fc1cc(C(Br)c2cccc(C(F)(F)F)c2)c(F)cc1Br. The van der Waals surface area contributed by atoms with Crippen molar-refractivity contribution in [1.29, 1.82) is 0 Å². The van der Waals surface area contributed by atoms with Crippen LogP contribution < -0.4 is 0 Å². The molecule has 7 heteroatoms. The highest BCUT2D eigenvalue weighted by atomic mass is 79.9. The maximum atomic E-state index is 13.9. The van der Waals surface area contributed by atoms with E-state index in [-0.39, 0.29) is 15.6 Å². The van der Waals surface area contributed by atoms with E-state index in [0.29, 0.717) is 0 Å². The fraction of sp³-hybridized carbons (Fsp3) is 0.143. The Hall–Kier alpha value is -0.950. The van der Waals surface area contributed by atoms with Crippen LogP contribution in [0.25, 0.3) is 0 Å². The molecular formula is C14H7Br2F5. The lowest BCUT2D eigenvalue weighted by Crippen LogP contribution is -2.06. The number of alkyl halides is 4. The highest BCUT2D eigenvalue weighted by Crippen LogP contribution is 2.37. The van der Waals surface area contributed by atoms with E-state index in [9.17, 15) is 22.0 Å². The Balaban J connectivity index is 2.45. The Labute approximate surface area is 134 Å². The van der Waals surface area contributed by atoms with E-state index in [0.717, 1.165) is 24.3 Å². The molecule has 21 heavy (non-hydrogen) atoms. The van der Waals surface area contributed by atoms with E-state index in [1.165, 1.54) is 12.1 Å². The smallest absolute Gasteiger partial charge is 0.207 e. The third-order valence-corrected chi connectivity index (χ3v) is 4.45. The summed E-state index contributed by atoms with van der Waals surface area (Å²) in [7, 11) is 0. The first-order chi connectivity index (χ1) is 9.70. The van der Waals surface area contributed by atoms with Crippen molar-refractivity contribution < 1.29 is 22.0 Å². The standard InChI is InChI=1S/C14H7Br2F5/c15-10-6-11(17)9(5-12(10)18)13(16)7-2-1-3-8(4-7)14(19,20)21/h1-6,13H. The minimum Gasteiger partial charge on any atom is -0.207 e. The normalized spacial score (nSPS) is 13.3. The van der Waals surface area contributed by atoms with Crippen LogP contribution in [0.1, 0.15) is 21.5 Å². The summed E-state index contributed by atoms with van der Waals surface area (Å²) in [6, 6.07) is 6.33. The topological polar surface area (TPSA) is 0 Å². The van der Waals surface area contributed by atoms with E-state index in [1.807, 2.05) is 0 Å². The molecule has 0 radical (unpaired) electrons. The molecule has 0 heterocycles. The monoisotopic (exact) mass is 428 g/mol. The second-order valence-electron chi connectivity index (χ2n) is 4.27. The van der Waals surface area contributed by atoms with Crippen molar-refractivity contribution in [3.05, 3.63) is 69.2 Å². The van der Waals surface area contributed by atoms with Gasteiger partial charge < -0.3 is 0 Å². The third kappa shape index (κ3) is 3.63. The van der Waals surface area contributed by atoms with Gasteiger partial charge in [-0.3, -0.25) is 0 Å². The molecule has 0 fully saturated rings. The summed E-state index contributed by atoms with van der Waals surface area (Å²) in [5.74, 6) is -1.41. The predicted molar refractivity (Wildman–Crippen MR) is 76.3 cm³/mol. The zero-order chi connectivity index (χ0) is 15.8. The molecule has 112 valence electrons. The first-order valence-electron chi connectivity index (χ1n) is 5.66. The first kappa shape index (κ1) is 16.4. The summed E-state index contributed by atoms with van der Waals surface area (Å²) in [6.07, 6.45) is -4.49. The molecule has 0 amide bonds. The van der Waals surface area contributed by atoms with Gasteiger partial charge in [0, 0.05) is 5.56 Å². The van der Waals surface area contributed by atoms with Crippen molar-refractivity contribution in [3.8, 4) is 0 Å². The second-order valence-corrected chi connectivity index (χ2v) is 6.04. The van der Waals surface area contributed by atoms with Crippen LogP contribution in [0.3, 0.4) is 0 Å². The summed E-state index contributed by atoms with van der Waals surface area (Å²) in [6.45, 7) is 0. The van der Waals surface area contributed by atoms with Gasteiger partial charge >= 0.3 is 6.18 Å². The molecule has 2 aromatic rings. The Morgan fingerprint density at radius 1 is 0.952 bits per heavy atom. The van der Waals surface area contributed by atoms with Gasteiger partial charge in [-0.1, -0.05) is 34.1 Å². The fourth-order valence-electron chi connectivity index (χ4n) is 1.78. The van der Waals surface area contributed by atoms with Crippen LogP contribution in [0.5, 0.6) is 0 Å². The van der Waals surface area contributed by atoms with Gasteiger partial charge in [-0.05, 0) is 39.7 Å². The summed E-state index contributed by atoms with van der Waals surface area (Å²) in [5, 5.41) is 0. The fourth-order valence-corrected chi connectivity index (χ4v) is 2.74. The number of rotatable bonds is 2. The maximum absolute atomic E-state index is 13.9. The number of hydrogen-bond donors (Lipinski definition) is 0. The van der Waals surface area contributed by atoms with Crippen LogP contribution in [0.2, 0.25) is 0 Å². The Morgan fingerprint density at radius 3 is 2.24 bits per heavy atom. The predicted octanol–water partition coefficient (Wildman–Crippen LogP) is 6.23. The largest absolute Gasteiger partial charge is 0.416 e. The van der Waals surface area contributed by atoms with Crippen molar-refractivity contribution in [2.24, 2.45) is 0 Å². The highest BCUT2D eigenvalue weighted by molar-refractivity contribution is 9.10. The molecule has 0 saturated heterocycles. The van der Waals surface area contributed by atoms with Gasteiger partial charge in [-0.25, -0.2) is 8.78 Å². The van der Waals surface area contributed by atoms with E-state index in [2.05, 4.69) is 31.9 Å². The average molecular weight is 430 g/mol. The Bertz CT molecular complexity index is 667. The van der Waals surface area contributed by atoms with Crippen LogP contribution in [0.4, 0.5) is 22.0 Å². The summed E-state index contributed by atoms with van der Waals surface area (Å²) >= 11 is 5.96. The van der Waals surface area contributed by atoms with E-state index < -0.39 is 28.2 Å². The van der Waals surface area contributed by atoms with Gasteiger partial charge in [0.1, 0.15) is 11.6 Å². The third-order valence-electron chi connectivity index (χ3n) is 2.82. The van der Waals surface area contributed by atoms with Crippen LogP contribution in [0, 0.1) is 11.6 Å². The quantitative estimate of drug-likeness (QED) is 0.301. The van der Waals surface area contributed by atoms with Crippen LogP contribution >= 0.6 is 31.9 Å². The highest BCUT2D eigenvalue weighted by Gasteiger charge is 2.31. The maximum Gasteiger partial charge on any atom is 0.416 e.